The van der Waals surface area contributed by atoms with Gasteiger partial charge in [-0.3, -0.25) is 4.79 Å². The van der Waals surface area contributed by atoms with Crippen LogP contribution in [0.5, 0.6) is 0 Å². The summed E-state index contributed by atoms with van der Waals surface area (Å²) >= 11 is 3.41. The fraction of sp³-hybridized carbons (Fsp3) is 0.235. The predicted octanol–water partition coefficient (Wildman–Crippen LogP) is 3.43. The topological polar surface area (TPSA) is 46.3 Å². The zero-order valence-electron chi connectivity index (χ0n) is 11.8. The Morgan fingerprint density at radius 2 is 1.71 bits per heavy atom. The van der Waals surface area contributed by atoms with Crippen molar-refractivity contribution in [3.05, 3.63) is 64.1 Å². The first-order valence-corrected chi connectivity index (χ1v) is 7.84. The molecule has 3 nitrogen and oxygen atoms in total. The van der Waals surface area contributed by atoms with Gasteiger partial charge in [0, 0.05) is 10.2 Å². The van der Waals surface area contributed by atoms with Crippen molar-refractivity contribution in [2.24, 2.45) is 5.73 Å². The van der Waals surface area contributed by atoms with Crippen molar-refractivity contribution in [2.75, 3.05) is 4.90 Å². The first-order valence-electron chi connectivity index (χ1n) is 7.05. The summed E-state index contributed by atoms with van der Waals surface area (Å²) in [5, 5.41) is 0. The second kappa shape index (κ2) is 5.62. The summed E-state index contributed by atoms with van der Waals surface area (Å²) < 4.78 is 0.993. The molecule has 0 saturated carbocycles. The summed E-state index contributed by atoms with van der Waals surface area (Å²) in [5.74, 6) is -0.0260. The number of amides is 1. The van der Waals surface area contributed by atoms with Crippen LogP contribution in [-0.2, 0) is 11.2 Å². The Balaban J connectivity index is 1.92. The number of hydrogen-bond donors (Lipinski definition) is 1. The van der Waals surface area contributed by atoms with Crippen molar-refractivity contribution in [1.29, 1.82) is 0 Å². The molecule has 1 aliphatic heterocycles. The van der Waals surface area contributed by atoms with Gasteiger partial charge in [-0.25, -0.2) is 0 Å². The first-order chi connectivity index (χ1) is 10.1. The van der Waals surface area contributed by atoms with E-state index in [9.17, 15) is 4.79 Å². The number of rotatable bonds is 3. The van der Waals surface area contributed by atoms with Gasteiger partial charge in [0.15, 0.2) is 0 Å². The molecule has 2 N–H and O–H groups in total. The minimum Gasteiger partial charge on any atom is -0.318 e. The largest absolute Gasteiger partial charge is 0.318 e. The second-order valence-electron chi connectivity index (χ2n) is 5.25. The van der Waals surface area contributed by atoms with E-state index in [1.807, 2.05) is 24.3 Å². The second-order valence-corrected chi connectivity index (χ2v) is 6.17. The number of carbonyl (C=O) groups excluding carboxylic acids is 1. The van der Waals surface area contributed by atoms with Crippen LogP contribution in [0.25, 0.3) is 0 Å². The first kappa shape index (κ1) is 14.3. The lowest BCUT2D eigenvalue weighted by atomic mass is 9.88. The third-order valence-corrected chi connectivity index (χ3v) is 4.50. The van der Waals surface area contributed by atoms with Crippen molar-refractivity contribution in [3.63, 3.8) is 0 Å². The lowest BCUT2D eigenvalue weighted by Gasteiger charge is -2.45. The van der Waals surface area contributed by atoms with Gasteiger partial charge in [-0.2, -0.15) is 0 Å². The predicted molar refractivity (Wildman–Crippen MR) is 88.2 cm³/mol. The number of carbonyl (C=O) groups is 1. The van der Waals surface area contributed by atoms with Crippen molar-refractivity contribution < 1.29 is 4.79 Å². The van der Waals surface area contributed by atoms with Crippen molar-refractivity contribution in [2.45, 2.75) is 25.4 Å². The Hall–Kier alpha value is -1.65. The summed E-state index contributed by atoms with van der Waals surface area (Å²) in [6.45, 7) is 2.13. The molecule has 1 fully saturated rings. The molecule has 0 aliphatic carbocycles. The van der Waals surface area contributed by atoms with Gasteiger partial charge in [0.05, 0.1) is 6.04 Å². The molecular weight excluding hydrogens is 328 g/mol. The Labute approximate surface area is 132 Å². The highest BCUT2D eigenvalue weighted by Gasteiger charge is 2.46. The number of hydrogen-bond acceptors (Lipinski definition) is 2. The molecule has 1 heterocycles. The number of aryl methyl sites for hydroxylation is 1. The smallest absolute Gasteiger partial charge is 0.247 e. The van der Waals surface area contributed by atoms with Gasteiger partial charge in [-0.15, -0.1) is 0 Å². The number of nitrogens with zero attached hydrogens (tertiary/aromatic N) is 1. The summed E-state index contributed by atoms with van der Waals surface area (Å²) in [6.07, 6.45) is 1.01. The summed E-state index contributed by atoms with van der Waals surface area (Å²) in [5.41, 5.74) is 9.28. The van der Waals surface area contributed by atoms with E-state index in [-0.39, 0.29) is 11.9 Å². The number of anilines is 1. The monoisotopic (exact) mass is 344 g/mol. The number of β-lactam (4-membered cyclic amide) rings is 1. The van der Waals surface area contributed by atoms with Gasteiger partial charge < -0.3 is 10.6 Å². The standard InChI is InChI=1S/C17H17BrN2O/c1-2-11-3-5-12(6-4-11)16-15(19)17(21)20(16)14-9-7-13(18)8-10-14/h3-10,15-16H,2,19H2,1H3. The molecule has 1 saturated heterocycles. The molecule has 1 aliphatic rings. The molecule has 0 aromatic heterocycles. The lowest BCUT2D eigenvalue weighted by molar-refractivity contribution is -0.126. The van der Waals surface area contributed by atoms with Crippen molar-refractivity contribution >= 4 is 27.5 Å². The maximum Gasteiger partial charge on any atom is 0.247 e. The van der Waals surface area contributed by atoms with Gasteiger partial charge in [0.25, 0.3) is 0 Å². The maximum absolute atomic E-state index is 12.1. The molecule has 2 aromatic carbocycles. The number of halogens is 1. The molecule has 2 aromatic rings. The van der Waals surface area contributed by atoms with E-state index in [1.165, 1.54) is 5.56 Å². The maximum atomic E-state index is 12.1. The molecule has 4 heteroatoms. The Bertz CT molecular complexity index is 651. The van der Waals surface area contributed by atoms with Gasteiger partial charge in [0.2, 0.25) is 5.91 Å². The average molecular weight is 345 g/mol. The lowest BCUT2D eigenvalue weighted by Crippen LogP contribution is -2.63. The fourth-order valence-corrected chi connectivity index (χ4v) is 2.97. The van der Waals surface area contributed by atoms with Gasteiger partial charge >= 0.3 is 0 Å². The normalized spacial score (nSPS) is 21.3. The number of nitrogens with two attached hydrogens (primary N) is 1. The van der Waals surface area contributed by atoms with Crippen LogP contribution in [0.4, 0.5) is 5.69 Å². The zero-order chi connectivity index (χ0) is 15.0. The minimum absolute atomic E-state index is 0.0260. The van der Waals surface area contributed by atoms with Crippen molar-refractivity contribution in [3.8, 4) is 0 Å². The van der Waals surface area contributed by atoms with Crippen molar-refractivity contribution in [1.82, 2.24) is 0 Å². The molecule has 108 valence electrons. The van der Waals surface area contributed by atoms with Gasteiger partial charge in [0.1, 0.15) is 6.04 Å². The molecule has 2 unspecified atom stereocenters. The molecule has 3 rings (SSSR count). The molecule has 0 spiro atoms. The number of benzene rings is 2. The molecule has 1 amide bonds. The van der Waals surface area contributed by atoms with E-state index in [2.05, 4.69) is 47.1 Å². The highest BCUT2D eigenvalue weighted by Crippen LogP contribution is 2.38. The van der Waals surface area contributed by atoms with Crippen LogP contribution in [0.3, 0.4) is 0 Å². The van der Waals surface area contributed by atoms with Crippen LogP contribution in [-0.4, -0.2) is 11.9 Å². The van der Waals surface area contributed by atoms with Crippen LogP contribution in [0.2, 0.25) is 0 Å². The highest BCUT2D eigenvalue weighted by molar-refractivity contribution is 9.10. The average Bonchev–Trinajstić information content (AvgIpc) is 2.53. The molecule has 2 atom stereocenters. The van der Waals surface area contributed by atoms with E-state index < -0.39 is 6.04 Å². The minimum atomic E-state index is -0.457. The van der Waals surface area contributed by atoms with Crippen LogP contribution in [0.1, 0.15) is 24.1 Å². The summed E-state index contributed by atoms with van der Waals surface area (Å²) in [6, 6.07) is 15.5. The molecule has 0 bridgehead atoms. The van der Waals surface area contributed by atoms with Gasteiger partial charge in [-0.1, -0.05) is 47.1 Å². The third kappa shape index (κ3) is 2.49. The zero-order valence-corrected chi connectivity index (χ0v) is 13.4. The Kier molecular flexibility index (Phi) is 3.83. The Morgan fingerprint density at radius 3 is 2.29 bits per heavy atom. The van der Waals surface area contributed by atoms with E-state index in [0.717, 1.165) is 22.1 Å². The van der Waals surface area contributed by atoms with E-state index in [0.29, 0.717) is 0 Å². The van der Waals surface area contributed by atoms with E-state index >= 15 is 0 Å². The highest BCUT2D eigenvalue weighted by atomic mass is 79.9. The van der Waals surface area contributed by atoms with Crippen LogP contribution < -0.4 is 10.6 Å². The summed E-state index contributed by atoms with van der Waals surface area (Å²) in [4.78, 5) is 13.9. The molecular formula is C17H17BrN2O. The quantitative estimate of drug-likeness (QED) is 0.867. The Morgan fingerprint density at radius 1 is 1.10 bits per heavy atom. The van der Waals surface area contributed by atoms with Crippen LogP contribution in [0, 0.1) is 0 Å². The van der Waals surface area contributed by atoms with Crippen LogP contribution >= 0.6 is 15.9 Å². The molecule has 21 heavy (non-hydrogen) atoms. The third-order valence-electron chi connectivity index (χ3n) is 3.98. The van der Waals surface area contributed by atoms with Gasteiger partial charge in [-0.05, 0) is 41.8 Å². The van der Waals surface area contributed by atoms with E-state index in [4.69, 9.17) is 5.73 Å². The molecule has 0 radical (unpaired) electrons. The SMILES string of the molecule is CCc1ccc(C2C(N)C(=O)N2c2ccc(Br)cc2)cc1. The van der Waals surface area contributed by atoms with Crippen LogP contribution in [0.15, 0.2) is 53.0 Å². The fourth-order valence-electron chi connectivity index (χ4n) is 2.71. The summed E-state index contributed by atoms with van der Waals surface area (Å²) in [7, 11) is 0. The van der Waals surface area contributed by atoms with E-state index in [1.54, 1.807) is 4.90 Å².